The fraction of sp³-hybridized carbons (Fsp3) is 0.143. The van der Waals surface area contributed by atoms with E-state index in [4.69, 9.17) is 25.8 Å². The monoisotopic (exact) mass is 320 g/mol. The summed E-state index contributed by atoms with van der Waals surface area (Å²) in [7, 11) is 0. The van der Waals surface area contributed by atoms with Gasteiger partial charge in [-0.25, -0.2) is 9.97 Å². The molecule has 7 heteroatoms. The lowest BCUT2D eigenvalue weighted by Crippen LogP contribution is -2.01. The fourth-order valence-corrected chi connectivity index (χ4v) is 3.13. The fourth-order valence-electron chi connectivity index (χ4n) is 2.04. The van der Waals surface area contributed by atoms with Crippen molar-refractivity contribution in [2.75, 3.05) is 6.79 Å². The number of nitrogens with zero attached hydrogens (tertiary/aromatic N) is 2. The summed E-state index contributed by atoms with van der Waals surface area (Å²) >= 11 is 7.65. The number of aromatic nitrogens is 2. The van der Waals surface area contributed by atoms with Crippen LogP contribution in [0.25, 0.3) is 10.2 Å². The van der Waals surface area contributed by atoms with Crippen molar-refractivity contribution in [1.82, 2.24) is 9.97 Å². The van der Waals surface area contributed by atoms with Crippen LogP contribution >= 0.6 is 22.9 Å². The summed E-state index contributed by atoms with van der Waals surface area (Å²) in [6.45, 7) is 0.486. The largest absolute Gasteiger partial charge is 0.485 e. The minimum absolute atomic E-state index is 0.243. The van der Waals surface area contributed by atoms with Crippen molar-refractivity contribution < 1.29 is 14.2 Å². The summed E-state index contributed by atoms with van der Waals surface area (Å²) < 4.78 is 16.2. The Morgan fingerprint density at radius 1 is 1.19 bits per heavy atom. The molecule has 1 aromatic carbocycles. The number of benzene rings is 1. The third kappa shape index (κ3) is 2.36. The Kier molecular flexibility index (Phi) is 3.05. The molecular weight excluding hydrogens is 312 g/mol. The smallest absolute Gasteiger partial charge is 0.231 e. The van der Waals surface area contributed by atoms with E-state index in [1.807, 2.05) is 23.6 Å². The van der Waals surface area contributed by atoms with Gasteiger partial charge < -0.3 is 14.2 Å². The predicted molar refractivity (Wildman–Crippen MR) is 79.3 cm³/mol. The molecule has 2 aromatic heterocycles. The van der Waals surface area contributed by atoms with Gasteiger partial charge in [-0.15, -0.1) is 11.3 Å². The Morgan fingerprint density at radius 2 is 2.10 bits per heavy atom. The first kappa shape index (κ1) is 12.7. The van der Waals surface area contributed by atoms with Crippen LogP contribution in [0, 0.1) is 0 Å². The number of fused-ring (bicyclic) bond motifs is 2. The molecule has 0 radical (unpaired) electrons. The van der Waals surface area contributed by atoms with Crippen molar-refractivity contribution >= 4 is 33.2 Å². The van der Waals surface area contributed by atoms with Gasteiger partial charge in [0.15, 0.2) is 17.3 Å². The van der Waals surface area contributed by atoms with E-state index < -0.39 is 0 Å². The Balaban J connectivity index is 1.55. The van der Waals surface area contributed by atoms with Crippen molar-refractivity contribution in [2.24, 2.45) is 0 Å². The zero-order valence-corrected chi connectivity index (χ0v) is 12.3. The molecule has 0 bridgehead atoms. The topological polar surface area (TPSA) is 53.5 Å². The van der Waals surface area contributed by atoms with E-state index in [-0.39, 0.29) is 13.4 Å². The van der Waals surface area contributed by atoms with Crippen LogP contribution in [0.1, 0.15) is 5.82 Å². The van der Waals surface area contributed by atoms with Gasteiger partial charge in [-0.05, 0) is 23.6 Å². The van der Waals surface area contributed by atoms with E-state index in [0.29, 0.717) is 22.5 Å². The molecule has 1 aliphatic rings. The Labute approximate surface area is 129 Å². The van der Waals surface area contributed by atoms with Gasteiger partial charge in [0, 0.05) is 11.5 Å². The average molecular weight is 321 g/mol. The molecule has 0 unspecified atom stereocenters. The van der Waals surface area contributed by atoms with E-state index in [9.17, 15) is 0 Å². The molecule has 4 rings (SSSR count). The van der Waals surface area contributed by atoms with Crippen LogP contribution in [0.15, 0.2) is 29.6 Å². The van der Waals surface area contributed by atoms with Crippen molar-refractivity contribution in [1.29, 1.82) is 0 Å². The third-order valence-corrected chi connectivity index (χ3v) is 4.13. The van der Waals surface area contributed by atoms with E-state index >= 15 is 0 Å². The molecule has 3 aromatic rings. The van der Waals surface area contributed by atoms with E-state index in [1.165, 1.54) is 11.3 Å². The minimum atomic E-state index is 0.243. The lowest BCUT2D eigenvalue weighted by molar-refractivity contribution is 0.173. The Morgan fingerprint density at radius 3 is 3.05 bits per heavy atom. The number of halogens is 1. The van der Waals surface area contributed by atoms with Crippen LogP contribution in [0.4, 0.5) is 0 Å². The highest BCUT2D eigenvalue weighted by atomic mass is 35.5. The lowest BCUT2D eigenvalue weighted by Gasteiger charge is -2.06. The summed E-state index contributed by atoms with van der Waals surface area (Å²) in [6.07, 6.45) is 0. The van der Waals surface area contributed by atoms with Crippen LogP contribution in [0.3, 0.4) is 0 Å². The van der Waals surface area contributed by atoms with Gasteiger partial charge in [-0.1, -0.05) is 11.6 Å². The van der Waals surface area contributed by atoms with Gasteiger partial charge in [-0.3, -0.25) is 0 Å². The van der Waals surface area contributed by atoms with Crippen LogP contribution in [-0.2, 0) is 6.61 Å². The van der Waals surface area contributed by atoms with Gasteiger partial charge in [0.25, 0.3) is 0 Å². The number of hydrogen-bond acceptors (Lipinski definition) is 6. The number of rotatable bonds is 3. The summed E-state index contributed by atoms with van der Waals surface area (Å²) in [5.41, 5.74) is 0. The molecular formula is C14H9ClN2O3S. The molecule has 0 fully saturated rings. The second kappa shape index (κ2) is 5.05. The minimum Gasteiger partial charge on any atom is -0.485 e. The molecule has 0 saturated carbocycles. The maximum atomic E-state index is 6.13. The second-order valence-corrected chi connectivity index (χ2v) is 5.63. The average Bonchev–Trinajstić information content (AvgIpc) is 3.13. The molecule has 106 valence electrons. The van der Waals surface area contributed by atoms with Crippen molar-refractivity contribution in [3.05, 3.63) is 40.6 Å². The third-order valence-electron chi connectivity index (χ3n) is 3.04. The maximum Gasteiger partial charge on any atom is 0.231 e. The van der Waals surface area contributed by atoms with E-state index in [0.717, 1.165) is 16.0 Å². The van der Waals surface area contributed by atoms with Gasteiger partial charge in [0.05, 0.1) is 0 Å². The quantitative estimate of drug-likeness (QED) is 0.689. The van der Waals surface area contributed by atoms with Gasteiger partial charge in [-0.2, -0.15) is 0 Å². The molecule has 5 nitrogen and oxygen atoms in total. The number of thiophene rings is 1. The first-order valence-corrected chi connectivity index (χ1v) is 7.47. The molecule has 0 amide bonds. The summed E-state index contributed by atoms with van der Waals surface area (Å²) in [5.74, 6) is 2.62. The molecule has 21 heavy (non-hydrogen) atoms. The summed E-state index contributed by atoms with van der Waals surface area (Å²) in [5, 5.41) is 3.26. The summed E-state index contributed by atoms with van der Waals surface area (Å²) in [4.78, 5) is 9.53. The van der Waals surface area contributed by atoms with E-state index in [2.05, 4.69) is 9.97 Å². The molecule has 0 spiro atoms. The SMILES string of the molecule is Clc1nc(COc2ccc3c(c2)OCO3)nc2sccc12. The Hall–Kier alpha value is -2.05. The molecule has 1 aliphatic heterocycles. The van der Waals surface area contributed by atoms with Gasteiger partial charge in [0.1, 0.15) is 22.3 Å². The summed E-state index contributed by atoms with van der Waals surface area (Å²) in [6, 6.07) is 7.32. The highest BCUT2D eigenvalue weighted by Gasteiger charge is 2.14. The number of hydrogen-bond donors (Lipinski definition) is 0. The van der Waals surface area contributed by atoms with Crippen LogP contribution in [0.2, 0.25) is 5.15 Å². The van der Waals surface area contributed by atoms with Crippen LogP contribution in [0.5, 0.6) is 17.2 Å². The number of ether oxygens (including phenoxy) is 3. The van der Waals surface area contributed by atoms with Gasteiger partial charge in [0.2, 0.25) is 6.79 Å². The first-order valence-electron chi connectivity index (χ1n) is 6.22. The molecule has 0 atom stereocenters. The van der Waals surface area contributed by atoms with Crippen molar-refractivity contribution in [3.63, 3.8) is 0 Å². The normalized spacial score (nSPS) is 12.8. The lowest BCUT2D eigenvalue weighted by atomic mass is 10.3. The zero-order valence-electron chi connectivity index (χ0n) is 10.7. The standard InChI is InChI=1S/C14H9ClN2O3S/c15-13-9-3-4-21-14(9)17-12(16-13)6-18-8-1-2-10-11(5-8)20-7-19-10/h1-5H,6-7H2. The highest BCUT2D eigenvalue weighted by molar-refractivity contribution is 7.16. The van der Waals surface area contributed by atoms with Crippen molar-refractivity contribution in [3.8, 4) is 17.2 Å². The molecule has 0 aliphatic carbocycles. The van der Waals surface area contributed by atoms with Crippen LogP contribution < -0.4 is 14.2 Å². The van der Waals surface area contributed by atoms with Crippen molar-refractivity contribution in [2.45, 2.75) is 6.61 Å². The zero-order chi connectivity index (χ0) is 14.2. The first-order chi connectivity index (χ1) is 10.3. The Bertz CT molecular complexity index is 821. The van der Waals surface area contributed by atoms with Gasteiger partial charge >= 0.3 is 0 Å². The predicted octanol–water partition coefficient (Wildman–Crippen LogP) is 3.65. The molecule has 0 saturated heterocycles. The van der Waals surface area contributed by atoms with E-state index in [1.54, 1.807) is 6.07 Å². The molecule has 0 N–H and O–H groups in total. The highest BCUT2D eigenvalue weighted by Crippen LogP contribution is 2.35. The maximum absolute atomic E-state index is 6.13. The van der Waals surface area contributed by atoms with Crippen LogP contribution in [-0.4, -0.2) is 16.8 Å². The molecule has 3 heterocycles. The second-order valence-electron chi connectivity index (χ2n) is 4.37.